The molecule has 0 aliphatic heterocycles. The van der Waals surface area contributed by atoms with E-state index in [1.54, 1.807) is 0 Å². The van der Waals surface area contributed by atoms with Crippen LogP contribution in [0.25, 0.3) is 10.8 Å². The summed E-state index contributed by atoms with van der Waals surface area (Å²) < 4.78 is 0. The zero-order valence-corrected chi connectivity index (χ0v) is 12.2. The Hall–Kier alpha value is -2.16. The molecule has 0 radical (unpaired) electrons. The molecule has 0 saturated heterocycles. The summed E-state index contributed by atoms with van der Waals surface area (Å²) in [4.78, 5) is 24.7. The maximum Gasteiger partial charge on any atom is 0.238 e. The fourth-order valence-electron chi connectivity index (χ4n) is 3.29. The molecule has 0 bridgehead atoms. The van der Waals surface area contributed by atoms with E-state index < -0.39 is 5.41 Å². The van der Waals surface area contributed by atoms with E-state index in [1.165, 1.54) is 6.92 Å². The number of hydrogen-bond donors (Lipinski definition) is 1. The van der Waals surface area contributed by atoms with Crippen LogP contribution in [0.5, 0.6) is 0 Å². The van der Waals surface area contributed by atoms with Crippen LogP contribution in [-0.4, -0.2) is 11.7 Å². The van der Waals surface area contributed by atoms with E-state index in [9.17, 15) is 9.59 Å². The monoisotopic (exact) mass is 281 g/mol. The van der Waals surface area contributed by atoms with Crippen LogP contribution in [0.1, 0.15) is 32.6 Å². The largest absolute Gasteiger partial charge is 0.325 e. The molecule has 2 aromatic rings. The van der Waals surface area contributed by atoms with Gasteiger partial charge in [0.05, 0.1) is 0 Å². The molecule has 3 rings (SSSR count). The van der Waals surface area contributed by atoms with Crippen LogP contribution in [0.3, 0.4) is 0 Å². The lowest BCUT2D eigenvalue weighted by atomic mass is 9.81. The molecule has 21 heavy (non-hydrogen) atoms. The molecule has 3 nitrogen and oxygen atoms in total. The molecule has 1 aliphatic rings. The number of carbonyl (C=O) groups is 2. The Bertz CT molecular complexity index is 694. The molecule has 0 heterocycles. The van der Waals surface area contributed by atoms with Crippen LogP contribution in [-0.2, 0) is 9.59 Å². The number of ketones is 1. The van der Waals surface area contributed by atoms with Crippen molar-refractivity contribution in [2.24, 2.45) is 5.41 Å². The number of hydrogen-bond acceptors (Lipinski definition) is 2. The number of rotatable bonds is 3. The highest BCUT2D eigenvalue weighted by atomic mass is 16.2. The summed E-state index contributed by atoms with van der Waals surface area (Å²) in [5.41, 5.74) is -0.0395. The van der Waals surface area contributed by atoms with Crippen molar-refractivity contribution in [3.8, 4) is 0 Å². The van der Waals surface area contributed by atoms with Gasteiger partial charge >= 0.3 is 0 Å². The zero-order valence-electron chi connectivity index (χ0n) is 12.2. The second-order valence-corrected chi connectivity index (χ2v) is 5.83. The fourth-order valence-corrected chi connectivity index (χ4v) is 3.29. The van der Waals surface area contributed by atoms with Gasteiger partial charge in [-0.15, -0.1) is 0 Å². The first-order valence-electron chi connectivity index (χ1n) is 7.44. The summed E-state index contributed by atoms with van der Waals surface area (Å²) in [7, 11) is 0. The average molecular weight is 281 g/mol. The molecule has 1 fully saturated rings. The number of Topliss-reactive ketones (excluding diaryl/α,β-unsaturated/α-hetero) is 1. The number of nitrogens with one attached hydrogen (secondary N) is 1. The van der Waals surface area contributed by atoms with Crippen molar-refractivity contribution in [2.75, 3.05) is 5.32 Å². The third-order valence-corrected chi connectivity index (χ3v) is 4.60. The Balaban J connectivity index is 1.95. The molecule has 2 aromatic carbocycles. The van der Waals surface area contributed by atoms with E-state index in [4.69, 9.17) is 0 Å². The molecule has 3 heteroatoms. The summed E-state index contributed by atoms with van der Waals surface area (Å²) in [5, 5.41) is 5.08. The number of amides is 1. The lowest BCUT2D eigenvalue weighted by Crippen LogP contribution is -2.39. The second kappa shape index (κ2) is 5.32. The lowest BCUT2D eigenvalue weighted by Gasteiger charge is -2.24. The van der Waals surface area contributed by atoms with Crippen molar-refractivity contribution >= 4 is 28.2 Å². The summed E-state index contributed by atoms with van der Waals surface area (Å²) in [6.45, 7) is 1.54. The van der Waals surface area contributed by atoms with Gasteiger partial charge in [0.25, 0.3) is 0 Å². The molecule has 108 valence electrons. The van der Waals surface area contributed by atoms with Crippen LogP contribution in [0.15, 0.2) is 42.5 Å². The quantitative estimate of drug-likeness (QED) is 0.866. The van der Waals surface area contributed by atoms with Gasteiger partial charge < -0.3 is 5.32 Å². The van der Waals surface area contributed by atoms with Gasteiger partial charge in [0.15, 0.2) is 0 Å². The van der Waals surface area contributed by atoms with E-state index in [0.717, 1.165) is 29.3 Å². The smallest absolute Gasteiger partial charge is 0.238 e. The molecule has 0 aromatic heterocycles. The number of carbonyl (C=O) groups excluding carboxylic acids is 2. The minimum Gasteiger partial charge on any atom is -0.325 e. The second-order valence-electron chi connectivity index (χ2n) is 5.83. The molecule has 0 atom stereocenters. The first-order chi connectivity index (χ1) is 10.1. The van der Waals surface area contributed by atoms with Gasteiger partial charge in [-0.3, -0.25) is 9.59 Å². The standard InChI is InChI=1S/C18H19NO2/c1-13(20)18(11-4-5-12-18)17(21)19-16-10-6-8-14-7-2-3-9-15(14)16/h2-3,6-10H,4-5,11-12H2,1H3,(H,19,21). The van der Waals surface area contributed by atoms with Crippen molar-refractivity contribution in [2.45, 2.75) is 32.6 Å². The van der Waals surface area contributed by atoms with Crippen molar-refractivity contribution < 1.29 is 9.59 Å². The van der Waals surface area contributed by atoms with Crippen LogP contribution in [0.2, 0.25) is 0 Å². The van der Waals surface area contributed by atoms with Crippen LogP contribution in [0, 0.1) is 5.41 Å². The summed E-state index contributed by atoms with van der Waals surface area (Å²) in [6, 6.07) is 13.8. The normalized spacial score (nSPS) is 16.8. The average Bonchev–Trinajstić information content (AvgIpc) is 2.98. The van der Waals surface area contributed by atoms with E-state index in [2.05, 4.69) is 5.32 Å². The Morgan fingerprint density at radius 3 is 2.38 bits per heavy atom. The number of anilines is 1. The van der Waals surface area contributed by atoms with Crippen LogP contribution in [0.4, 0.5) is 5.69 Å². The van der Waals surface area contributed by atoms with Gasteiger partial charge in [-0.1, -0.05) is 49.2 Å². The van der Waals surface area contributed by atoms with E-state index in [0.29, 0.717) is 12.8 Å². The van der Waals surface area contributed by atoms with Gasteiger partial charge in [0.1, 0.15) is 11.2 Å². The number of benzene rings is 2. The molecule has 1 saturated carbocycles. The highest BCUT2D eigenvalue weighted by Crippen LogP contribution is 2.40. The van der Waals surface area contributed by atoms with E-state index in [-0.39, 0.29) is 11.7 Å². The SMILES string of the molecule is CC(=O)C1(C(=O)Nc2cccc3ccccc23)CCCC1. The van der Waals surface area contributed by atoms with E-state index >= 15 is 0 Å². The maximum atomic E-state index is 12.7. The van der Waals surface area contributed by atoms with Crippen molar-refractivity contribution in [3.05, 3.63) is 42.5 Å². The molecular weight excluding hydrogens is 262 g/mol. The molecular formula is C18H19NO2. The first kappa shape index (κ1) is 13.8. The highest BCUT2D eigenvalue weighted by molar-refractivity contribution is 6.13. The minimum absolute atomic E-state index is 0.0160. The molecule has 0 spiro atoms. The maximum absolute atomic E-state index is 12.7. The van der Waals surface area contributed by atoms with Crippen molar-refractivity contribution in [1.29, 1.82) is 0 Å². The predicted molar refractivity (Wildman–Crippen MR) is 84.2 cm³/mol. The van der Waals surface area contributed by atoms with Gasteiger partial charge in [-0.05, 0) is 31.2 Å². The molecule has 1 amide bonds. The van der Waals surface area contributed by atoms with Gasteiger partial charge in [-0.25, -0.2) is 0 Å². The van der Waals surface area contributed by atoms with E-state index in [1.807, 2.05) is 42.5 Å². The Labute approximate surface area is 124 Å². The topological polar surface area (TPSA) is 46.2 Å². The first-order valence-corrected chi connectivity index (χ1v) is 7.44. The predicted octanol–water partition coefficient (Wildman–Crippen LogP) is 3.93. The Morgan fingerprint density at radius 1 is 1.00 bits per heavy atom. The van der Waals surface area contributed by atoms with Crippen LogP contribution < -0.4 is 5.32 Å². The Kier molecular flexibility index (Phi) is 3.50. The number of fused-ring (bicyclic) bond motifs is 1. The van der Waals surface area contributed by atoms with Crippen molar-refractivity contribution in [1.82, 2.24) is 0 Å². The third-order valence-electron chi connectivity index (χ3n) is 4.60. The van der Waals surface area contributed by atoms with Gasteiger partial charge in [0, 0.05) is 11.1 Å². The van der Waals surface area contributed by atoms with Gasteiger partial charge in [0.2, 0.25) is 5.91 Å². The summed E-state index contributed by atoms with van der Waals surface area (Å²) in [5.74, 6) is -0.165. The third kappa shape index (κ3) is 2.33. The zero-order chi connectivity index (χ0) is 14.9. The molecule has 0 unspecified atom stereocenters. The Morgan fingerprint density at radius 2 is 1.67 bits per heavy atom. The highest BCUT2D eigenvalue weighted by Gasteiger charge is 2.45. The minimum atomic E-state index is -0.822. The fraction of sp³-hybridized carbons (Fsp3) is 0.333. The van der Waals surface area contributed by atoms with Gasteiger partial charge in [-0.2, -0.15) is 0 Å². The van der Waals surface area contributed by atoms with Crippen molar-refractivity contribution in [3.63, 3.8) is 0 Å². The summed E-state index contributed by atoms with van der Waals surface area (Å²) in [6.07, 6.45) is 3.23. The molecule has 1 aliphatic carbocycles. The summed E-state index contributed by atoms with van der Waals surface area (Å²) >= 11 is 0. The molecule has 1 N–H and O–H groups in total. The van der Waals surface area contributed by atoms with Crippen LogP contribution >= 0.6 is 0 Å². The lowest BCUT2D eigenvalue weighted by molar-refractivity contribution is -0.137.